The summed E-state index contributed by atoms with van der Waals surface area (Å²) in [5.41, 5.74) is -0.338. The van der Waals surface area contributed by atoms with Crippen molar-refractivity contribution in [2.24, 2.45) is 0 Å². The molecule has 0 aliphatic heterocycles. The van der Waals surface area contributed by atoms with E-state index >= 15 is 0 Å². The Morgan fingerprint density at radius 1 is 1.12 bits per heavy atom. The molecule has 0 bridgehead atoms. The van der Waals surface area contributed by atoms with Gasteiger partial charge in [-0.3, -0.25) is 9.10 Å². The minimum Gasteiger partial charge on any atom is -0.481 e. The van der Waals surface area contributed by atoms with Gasteiger partial charge in [0.05, 0.1) is 10.6 Å². The van der Waals surface area contributed by atoms with Gasteiger partial charge in [0.25, 0.3) is 10.0 Å². The number of anilines is 1. The molecule has 0 aliphatic carbocycles. The molecule has 5 nitrogen and oxygen atoms in total. The van der Waals surface area contributed by atoms with E-state index in [9.17, 15) is 22.0 Å². The lowest BCUT2D eigenvalue weighted by molar-refractivity contribution is -0.137. The number of rotatable bonds is 7. The molecule has 0 aromatic heterocycles. The topological polar surface area (TPSA) is 74.7 Å². The first-order chi connectivity index (χ1) is 11.7. The van der Waals surface area contributed by atoms with Gasteiger partial charge in [-0.1, -0.05) is 15.9 Å². The number of hydrogen-bond donors (Lipinski definition) is 1. The van der Waals surface area contributed by atoms with Crippen molar-refractivity contribution in [3.63, 3.8) is 0 Å². The maximum absolute atomic E-state index is 14.1. The second-order valence-corrected chi connectivity index (χ2v) is 7.90. The second kappa shape index (κ2) is 7.92. The highest BCUT2D eigenvalue weighted by Gasteiger charge is 2.27. The molecule has 0 spiro atoms. The molecule has 0 aliphatic rings. The number of carboxylic acids is 1. The van der Waals surface area contributed by atoms with E-state index in [0.717, 1.165) is 16.4 Å². The summed E-state index contributed by atoms with van der Waals surface area (Å²) in [6, 6.07) is 8.25. The SMILES string of the molecule is O=C(O)CCCN(c1ccc(F)cc1F)S(=O)(=O)c1ccc(Br)cc1. The Labute approximate surface area is 152 Å². The Balaban J connectivity index is 2.45. The van der Waals surface area contributed by atoms with E-state index in [1.54, 1.807) is 0 Å². The first kappa shape index (κ1) is 19.3. The number of hydrogen-bond acceptors (Lipinski definition) is 3. The highest BCUT2D eigenvalue weighted by Crippen LogP contribution is 2.28. The third kappa shape index (κ3) is 4.76. The fraction of sp³-hybridized carbons (Fsp3) is 0.188. The first-order valence-electron chi connectivity index (χ1n) is 7.17. The zero-order chi connectivity index (χ0) is 18.6. The number of sulfonamides is 1. The lowest BCUT2D eigenvalue weighted by Gasteiger charge is -2.25. The van der Waals surface area contributed by atoms with Crippen molar-refractivity contribution in [1.29, 1.82) is 0 Å². The molecular weight excluding hydrogens is 420 g/mol. The molecule has 9 heteroatoms. The van der Waals surface area contributed by atoms with Crippen molar-refractivity contribution in [1.82, 2.24) is 0 Å². The fourth-order valence-electron chi connectivity index (χ4n) is 2.16. The van der Waals surface area contributed by atoms with Crippen molar-refractivity contribution < 1.29 is 27.1 Å². The van der Waals surface area contributed by atoms with Gasteiger partial charge >= 0.3 is 5.97 Å². The Bertz CT molecular complexity index is 872. The molecule has 134 valence electrons. The van der Waals surface area contributed by atoms with E-state index in [4.69, 9.17) is 5.11 Å². The molecule has 0 amide bonds. The van der Waals surface area contributed by atoms with Gasteiger partial charge in [-0.15, -0.1) is 0 Å². The summed E-state index contributed by atoms with van der Waals surface area (Å²) in [5.74, 6) is -2.98. The van der Waals surface area contributed by atoms with Gasteiger partial charge in [0.1, 0.15) is 11.6 Å². The molecule has 0 unspecified atom stereocenters. The number of aliphatic carboxylic acids is 1. The van der Waals surface area contributed by atoms with Gasteiger partial charge in [0.15, 0.2) is 0 Å². The third-order valence-electron chi connectivity index (χ3n) is 3.33. The highest BCUT2D eigenvalue weighted by molar-refractivity contribution is 9.10. The van der Waals surface area contributed by atoms with Crippen LogP contribution < -0.4 is 4.31 Å². The first-order valence-corrected chi connectivity index (χ1v) is 9.40. The summed E-state index contributed by atoms with van der Waals surface area (Å²) in [5, 5.41) is 8.74. The van der Waals surface area contributed by atoms with Crippen LogP contribution in [-0.4, -0.2) is 26.0 Å². The molecule has 2 aromatic rings. The van der Waals surface area contributed by atoms with E-state index < -0.39 is 27.6 Å². The molecule has 1 N–H and O–H groups in total. The van der Waals surface area contributed by atoms with Gasteiger partial charge in [-0.2, -0.15) is 0 Å². The molecule has 0 saturated heterocycles. The number of carboxylic acid groups (broad SMARTS) is 1. The minimum absolute atomic E-state index is 0.0259. The van der Waals surface area contributed by atoms with Crippen LogP contribution >= 0.6 is 15.9 Å². The van der Waals surface area contributed by atoms with E-state index in [1.807, 2.05) is 0 Å². The van der Waals surface area contributed by atoms with Crippen LogP contribution in [0.2, 0.25) is 0 Å². The fourth-order valence-corrected chi connectivity index (χ4v) is 3.94. The largest absolute Gasteiger partial charge is 0.481 e. The molecular formula is C16H14BrF2NO4S. The normalized spacial score (nSPS) is 11.3. The van der Waals surface area contributed by atoms with E-state index in [1.165, 1.54) is 24.3 Å². The average molecular weight is 434 g/mol. The average Bonchev–Trinajstić information content (AvgIpc) is 2.52. The summed E-state index contributed by atoms with van der Waals surface area (Å²) in [4.78, 5) is 10.6. The zero-order valence-corrected chi connectivity index (χ0v) is 15.2. The summed E-state index contributed by atoms with van der Waals surface area (Å²) in [6.45, 7) is -0.257. The standard InChI is InChI=1S/C16H14BrF2NO4S/c17-11-3-6-13(7-4-11)25(23,24)20(9-1-2-16(21)22)15-8-5-12(18)10-14(15)19/h3-8,10H,1-2,9H2,(H,21,22). The van der Waals surface area contributed by atoms with Crippen LogP contribution in [0.25, 0.3) is 0 Å². The summed E-state index contributed by atoms with van der Waals surface area (Å²) < 4.78 is 54.4. The monoisotopic (exact) mass is 433 g/mol. The van der Waals surface area contributed by atoms with Crippen LogP contribution in [0, 0.1) is 11.6 Å². The van der Waals surface area contributed by atoms with Crippen LogP contribution in [0.1, 0.15) is 12.8 Å². The van der Waals surface area contributed by atoms with Crippen LogP contribution in [0.5, 0.6) is 0 Å². The van der Waals surface area contributed by atoms with Crippen LogP contribution in [0.15, 0.2) is 51.8 Å². The van der Waals surface area contributed by atoms with Gasteiger partial charge in [-0.25, -0.2) is 17.2 Å². The molecule has 2 aromatic carbocycles. The molecule has 0 heterocycles. The lowest BCUT2D eigenvalue weighted by Crippen LogP contribution is -2.33. The van der Waals surface area contributed by atoms with Crippen LogP contribution in [-0.2, 0) is 14.8 Å². The quantitative estimate of drug-likeness (QED) is 0.720. The minimum atomic E-state index is -4.15. The molecule has 2 rings (SSSR count). The Kier molecular flexibility index (Phi) is 6.12. The molecule has 0 saturated carbocycles. The predicted octanol–water partition coefficient (Wildman–Crippen LogP) is 3.79. The van der Waals surface area contributed by atoms with Crippen molar-refractivity contribution in [2.75, 3.05) is 10.8 Å². The molecule has 0 fully saturated rings. The number of nitrogens with zero attached hydrogens (tertiary/aromatic N) is 1. The summed E-state index contributed by atoms with van der Waals surface area (Å²) in [7, 11) is -4.15. The molecule has 0 radical (unpaired) electrons. The van der Waals surface area contributed by atoms with Crippen molar-refractivity contribution >= 4 is 37.6 Å². The lowest BCUT2D eigenvalue weighted by atomic mass is 10.2. The summed E-state index contributed by atoms with van der Waals surface area (Å²) >= 11 is 3.20. The Morgan fingerprint density at radius 3 is 2.32 bits per heavy atom. The van der Waals surface area contributed by atoms with E-state index in [-0.39, 0.29) is 30.0 Å². The van der Waals surface area contributed by atoms with E-state index in [0.29, 0.717) is 10.5 Å². The van der Waals surface area contributed by atoms with Crippen molar-refractivity contribution in [3.8, 4) is 0 Å². The maximum Gasteiger partial charge on any atom is 0.303 e. The van der Waals surface area contributed by atoms with Crippen molar-refractivity contribution in [3.05, 3.63) is 58.6 Å². The third-order valence-corrected chi connectivity index (χ3v) is 5.69. The van der Waals surface area contributed by atoms with E-state index in [2.05, 4.69) is 15.9 Å². The van der Waals surface area contributed by atoms with Crippen LogP contribution in [0.3, 0.4) is 0 Å². The number of halogens is 3. The highest BCUT2D eigenvalue weighted by atomic mass is 79.9. The van der Waals surface area contributed by atoms with Gasteiger partial charge < -0.3 is 5.11 Å². The molecule has 25 heavy (non-hydrogen) atoms. The Morgan fingerprint density at radius 2 is 1.76 bits per heavy atom. The smallest absolute Gasteiger partial charge is 0.303 e. The molecule has 0 atom stereocenters. The van der Waals surface area contributed by atoms with Gasteiger partial charge in [-0.05, 0) is 42.8 Å². The second-order valence-electron chi connectivity index (χ2n) is 5.12. The maximum atomic E-state index is 14.1. The predicted molar refractivity (Wildman–Crippen MR) is 91.9 cm³/mol. The van der Waals surface area contributed by atoms with Gasteiger partial charge in [0.2, 0.25) is 0 Å². The summed E-state index contributed by atoms with van der Waals surface area (Å²) in [6.07, 6.45) is -0.308. The Hall–Kier alpha value is -2.00. The number of benzene rings is 2. The van der Waals surface area contributed by atoms with Gasteiger partial charge in [0, 0.05) is 23.5 Å². The number of carbonyl (C=O) groups is 1. The zero-order valence-electron chi connectivity index (χ0n) is 12.8. The van der Waals surface area contributed by atoms with Crippen molar-refractivity contribution in [2.45, 2.75) is 17.7 Å². The van der Waals surface area contributed by atoms with Crippen LogP contribution in [0.4, 0.5) is 14.5 Å².